The molecule has 0 atom stereocenters. The molecule has 1 aliphatic rings. The molecule has 0 bridgehead atoms. The molecule has 4 heteroatoms. The van der Waals surface area contributed by atoms with Crippen LogP contribution in [0, 0.1) is 0 Å². The van der Waals surface area contributed by atoms with E-state index in [2.05, 4.69) is 5.32 Å². The molecule has 1 aromatic carbocycles. The molecule has 1 fully saturated rings. The zero-order valence-corrected chi connectivity index (χ0v) is 12.0. The predicted molar refractivity (Wildman–Crippen MR) is 80.6 cm³/mol. The summed E-state index contributed by atoms with van der Waals surface area (Å²) in [6.45, 7) is 0. The number of nitrogens with two attached hydrogens (primary N) is 1. The van der Waals surface area contributed by atoms with Gasteiger partial charge in [-0.3, -0.25) is 0 Å². The van der Waals surface area contributed by atoms with Gasteiger partial charge >= 0.3 is 0 Å². The molecule has 2 nitrogen and oxygen atoms in total. The second-order valence-electron chi connectivity index (χ2n) is 5.05. The molecule has 2 rings (SSSR count). The molecule has 0 aromatic heterocycles. The molecule has 0 heterocycles. The molecular formula is C14H20Cl2N2. The summed E-state index contributed by atoms with van der Waals surface area (Å²) in [5.41, 5.74) is 7.15. The summed E-state index contributed by atoms with van der Waals surface area (Å²) in [5, 5.41) is 4.72. The third-order valence-corrected chi connectivity index (χ3v) is 4.11. The van der Waals surface area contributed by atoms with Crippen molar-refractivity contribution in [1.82, 2.24) is 0 Å². The van der Waals surface area contributed by atoms with Crippen LogP contribution in [0.25, 0.3) is 0 Å². The van der Waals surface area contributed by atoms with Gasteiger partial charge in [0.1, 0.15) is 0 Å². The molecule has 1 aliphatic carbocycles. The average Bonchev–Trinajstić information content (AvgIpc) is 2.25. The fraction of sp³-hybridized carbons (Fsp3) is 0.571. The second-order valence-corrected chi connectivity index (χ2v) is 5.86. The molecule has 1 saturated carbocycles. The van der Waals surface area contributed by atoms with E-state index in [9.17, 15) is 0 Å². The van der Waals surface area contributed by atoms with Crippen molar-refractivity contribution in [2.45, 2.75) is 51.0 Å². The summed E-state index contributed by atoms with van der Waals surface area (Å²) in [5.74, 6) is 0. The molecule has 0 saturated heterocycles. The third-order valence-electron chi connectivity index (χ3n) is 3.52. The van der Waals surface area contributed by atoms with Gasteiger partial charge in [-0.15, -0.1) is 0 Å². The maximum atomic E-state index is 6.20. The van der Waals surface area contributed by atoms with E-state index in [1.807, 2.05) is 0 Å². The van der Waals surface area contributed by atoms with Gasteiger partial charge in [0.15, 0.2) is 0 Å². The van der Waals surface area contributed by atoms with E-state index in [4.69, 9.17) is 28.9 Å². The number of benzene rings is 1. The van der Waals surface area contributed by atoms with Gasteiger partial charge in [-0.2, -0.15) is 0 Å². The highest BCUT2D eigenvalue weighted by Crippen LogP contribution is 2.34. The van der Waals surface area contributed by atoms with Crippen molar-refractivity contribution in [3.8, 4) is 0 Å². The fourth-order valence-electron chi connectivity index (χ4n) is 2.54. The topological polar surface area (TPSA) is 38.0 Å². The van der Waals surface area contributed by atoms with Crippen molar-refractivity contribution in [1.29, 1.82) is 0 Å². The van der Waals surface area contributed by atoms with Crippen molar-refractivity contribution in [3.63, 3.8) is 0 Å². The monoisotopic (exact) mass is 286 g/mol. The molecule has 0 unspecified atom stereocenters. The molecule has 18 heavy (non-hydrogen) atoms. The largest absolute Gasteiger partial charge is 0.399 e. The van der Waals surface area contributed by atoms with Gasteiger partial charge in [0.2, 0.25) is 0 Å². The molecule has 1 aromatic rings. The van der Waals surface area contributed by atoms with Crippen molar-refractivity contribution < 1.29 is 0 Å². The quantitative estimate of drug-likeness (QED) is 0.742. The highest BCUT2D eigenvalue weighted by molar-refractivity contribution is 6.39. The second kappa shape index (κ2) is 6.53. The van der Waals surface area contributed by atoms with E-state index < -0.39 is 0 Å². The summed E-state index contributed by atoms with van der Waals surface area (Å²) in [7, 11) is 0. The highest BCUT2D eigenvalue weighted by atomic mass is 35.5. The molecule has 0 radical (unpaired) electrons. The Labute approximate surface area is 119 Å². The minimum absolute atomic E-state index is 0.476. The molecule has 100 valence electrons. The van der Waals surface area contributed by atoms with Crippen LogP contribution >= 0.6 is 23.2 Å². The first-order chi connectivity index (χ1) is 8.66. The van der Waals surface area contributed by atoms with E-state index in [1.54, 1.807) is 12.1 Å². The average molecular weight is 287 g/mol. The number of hydrogen-bond acceptors (Lipinski definition) is 2. The summed E-state index contributed by atoms with van der Waals surface area (Å²) >= 11 is 12.4. The van der Waals surface area contributed by atoms with Crippen LogP contribution in [0.2, 0.25) is 10.0 Å². The van der Waals surface area contributed by atoms with Crippen molar-refractivity contribution in [2.75, 3.05) is 11.1 Å². The van der Waals surface area contributed by atoms with Crippen LogP contribution in [0.1, 0.15) is 44.9 Å². The van der Waals surface area contributed by atoms with Crippen molar-refractivity contribution >= 4 is 34.6 Å². The Balaban J connectivity index is 2.07. The first-order valence-corrected chi connectivity index (χ1v) is 7.43. The van der Waals surface area contributed by atoms with Gasteiger partial charge in [0, 0.05) is 11.7 Å². The maximum absolute atomic E-state index is 6.20. The minimum atomic E-state index is 0.476. The van der Waals surface area contributed by atoms with E-state index in [1.165, 1.54) is 44.9 Å². The Kier molecular flexibility index (Phi) is 5.02. The van der Waals surface area contributed by atoms with Crippen LogP contribution < -0.4 is 11.1 Å². The molecule has 0 aliphatic heterocycles. The maximum Gasteiger partial charge on any atom is 0.0722 e. The standard InChI is InChI=1S/C14H20Cl2N2/c15-12-8-10(17)9-13(16)14(12)18-11-6-4-2-1-3-5-7-11/h8-9,11,18H,1-7,17H2. The number of anilines is 2. The lowest BCUT2D eigenvalue weighted by molar-refractivity contribution is 0.471. The van der Waals surface area contributed by atoms with Gasteiger partial charge in [0.05, 0.1) is 15.7 Å². The Morgan fingerprint density at radius 3 is 2.00 bits per heavy atom. The fourth-order valence-corrected chi connectivity index (χ4v) is 3.15. The molecule has 0 spiro atoms. The van der Waals surface area contributed by atoms with Crippen LogP contribution in [0.5, 0.6) is 0 Å². The minimum Gasteiger partial charge on any atom is -0.399 e. The highest BCUT2D eigenvalue weighted by Gasteiger charge is 2.14. The lowest BCUT2D eigenvalue weighted by Crippen LogP contribution is -2.21. The third kappa shape index (κ3) is 3.69. The summed E-state index contributed by atoms with van der Waals surface area (Å²) < 4.78 is 0. The lowest BCUT2D eigenvalue weighted by Gasteiger charge is -2.23. The SMILES string of the molecule is Nc1cc(Cl)c(NC2CCCCCCC2)c(Cl)c1. The van der Waals surface area contributed by atoms with Crippen LogP contribution in [-0.2, 0) is 0 Å². The Morgan fingerprint density at radius 2 is 1.44 bits per heavy atom. The van der Waals surface area contributed by atoms with Crippen LogP contribution in [-0.4, -0.2) is 6.04 Å². The van der Waals surface area contributed by atoms with Crippen molar-refractivity contribution in [2.24, 2.45) is 0 Å². The number of nitrogens with one attached hydrogen (secondary N) is 1. The zero-order chi connectivity index (χ0) is 13.0. The summed E-state index contributed by atoms with van der Waals surface area (Å²) in [6, 6.07) is 3.97. The van der Waals surface area contributed by atoms with Gasteiger partial charge in [-0.05, 0) is 25.0 Å². The Morgan fingerprint density at radius 1 is 0.944 bits per heavy atom. The zero-order valence-electron chi connectivity index (χ0n) is 10.5. The van der Waals surface area contributed by atoms with Crippen LogP contribution in [0.3, 0.4) is 0 Å². The van der Waals surface area contributed by atoms with Gasteiger partial charge in [0.25, 0.3) is 0 Å². The Bertz CT molecular complexity index is 376. The lowest BCUT2D eigenvalue weighted by atomic mass is 9.96. The first kappa shape index (κ1) is 13.8. The smallest absolute Gasteiger partial charge is 0.0722 e. The van der Waals surface area contributed by atoms with Crippen LogP contribution in [0.15, 0.2) is 12.1 Å². The normalized spacial score (nSPS) is 18.1. The number of nitrogen functional groups attached to an aromatic ring is 1. The number of rotatable bonds is 2. The predicted octanol–water partition coefficient (Wildman–Crippen LogP) is 5.10. The molecule has 0 amide bonds. The van der Waals surface area contributed by atoms with E-state index in [0.29, 0.717) is 21.8 Å². The van der Waals surface area contributed by atoms with Gasteiger partial charge in [-0.1, -0.05) is 55.3 Å². The molecule has 3 N–H and O–H groups in total. The van der Waals surface area contributed by atoms with E-state index >= 15 is 0 Å². The van der Waals surface area contributed by atoms with Gasteiger partial charge in [-0.25, -0.2) is 0 Å². The van der Waals surface area contributed by atoms with E-state index in [0.717, 1.165) is 5.69 Å². The number of halogens is 2. The van der Waals surface area contributed by atoms with Crippen LogP contribution in [0.4, 0.5) is 11.4 Å². The molecular weight excluding hydrogens is 267 g/mol. The van der Waals surface area contributed by atoms with Crippen molar-refractivity contribution in [3.05, 3.63) is 22.2 Å². The first-order valence-electron chi connectivity index (χ1n) is 6.68. The summed E-state index contributed by atoms with van der Waals surface area (Å²) in [4.78, 5) is 0. The Hall–Kier alpha value is -0.600. The number of hydrogen-bond donors (Lipinski definition) is 2. The van der Waals surface area contributed by atoms with Gasteiger partial charge < -0.3 is 11.1 Å². The summed E-state index contributed by atoms with van der Waals surface area (Å²) in [6.07, 6.45) is 8.98. The van der Waals surface area contributed by atoms with E-state index in [-0.39, 0.29) is 0 Å².